The lowest BCUT2D eigenvalue weighted by Crippen LogP contribution is -2.78. The molecule has 62 heavy (non-hydrogen) atoms. The van der Waals surface area contributed by atoms with Crippen molar-refractivity contribution in [1.29, 1.82) is 0 Å². The normalized spacial score (nSPS) is 15.7. The van der Waals surface area contributed by atoms with Crippen LogP contribution in [0.4, 0.5) is 34.1 Å². The highest BCUT2D eigenvalue weighted by Gasteiger charge is 2.54. The summed E-state index contributed by atoms with van der Waals surface area (Å²) >= 11 is 2.02. The first-order chi connectivity index (χ1) is 30.2. The van der Waals surface area contributed by atoms with Gasteiger partial charge in [-0.15, -0.1) is 11.3 Å². The number of rotatable bonds is 3. The molecule has 0 spiro atoms. The SMILES string of the molecule is CC(C)(C)c1ccc(N2c3cccc4c3B(c3cccc5c3N4c3ccccc3[Si]5(c3ccccc3)c3ccccc3)c3sc4cc5c(cc4c32)-c2ccccc2C5(C)C)cc1. The second-order valence-electron chi connectivity index (χ2n) is 19.2. The maximum Gasteiger partial charge on any atom is 0.264 e. The maximum atomic E-state index is 2.65. The number of para-hydroxylation sites is 2. The summed E-state index contributed by atoms with van der Waals surface area (Å²) in [6, 6.07) is 70.2. The molecule has 0 unspecified atom stereocenters. The fourth-order valence-electron chi connectivity index (χ4n) is 11.9. The van der Waals surface area contributed by atoms with Crippen molar-refractivity contribution in [3.63, 3.8) is 0 Å². The van der Waals surface area contributed by atoms with Crippen LogP contribution in [0, 0.1) is 0 Å². The van der Waals surface area contributed by atoms with E-state index in [4.69, 9.17) is 0 Å². The predicted octanol–water partition coefficient (Wildman–Crippen LogP) is 10.3. The van der Waals surface area contributed by atoms with Gasteiger partial charge in [0.15, 0.2) is 8.07 Å². The summed E-state index contributed by atoms with van der Waals surface area (Å²) in [6.07, 6.45) is 0. The Morgan fingerprint density at radius 3 is 1.87 bits per heavy atom. The largest absolute Gasteiger partial charge is 0.312 e. The van der Waals surface area contributed by atoms with Gasteiger partial charge in [-0.3, -0.25) is 0 Å². The molecular weight excluding hydrogens is 784 g/mol. The van der Waals surface area contributed by atoms with Crippen molar-refractivity contribution < 1.29 is 0 Å². The van der Waals surface area contributed by atoms with Crippen LogP contribution in [-0.2, 0) is 10.8 Å². The van der Waals surface area contributed by atoms with E-state index in [9.17, 15) is 0 Å². The topological polar surface area (TPSA) is 6.48 Å². The van der Waals surface area contributed by atoms with Gasteiger partial charge in [0.05, 0.1) is 5.69 Å². The molecule has 0 N–H and O–H groups in total. The minimum Gasteiger partial charge on any atom is -0.312 e. The molecule has 1 aromatic heterocycles. The number of thiophene rings is 1. The summed E-state index contributed by atoms with van der Waals surface area (Å²) in [5, 5.41) is 7.06. The summed E-state index contributed by atoms with van der Waals surface area (Å²) in [5.41, 5.74) is 17.4. The van der Waals surface area contributed by atoms with Crippen molar-refractivity contribution in [2.24, 2.45) is 0 Å². The fraction of sp³-hybridized carbons (Fsp3) is 0.123. The number of hydrogen-bond donors (Lipinski definition) is 0. The quantitative estimate of drug-likeness (QED) is 0.164. The number of anilines is 6. The molecule has 4 aliphatic rings. The summed E-state index contributed by atoms with van der Waals surface area (Å²) in [5.74, 6) is 0. The van der Waals surface area contributed by atoms with Crippen LogP contribution in [0.15, 0.2) is 182 Å². The van der Waals surface area contributed by atoms with Crippen molar-refractivity contribution in [3.8, 4) is 11.1 Å². The standard InChI is InChI=1S/C57H45BN2SSi/c1-56(2,3)36-30-32-37(33-31-36)59-47-26-17-27-48-52(47)58(55-53(59)42-34-41-40-22-12-13-23-43(40)57(4,5)44(41)35-49(42)61-55)45-24-16-29-51-54(45)60(48)46-25-14-15-28-50(46)62(51,38-18-8-6-9-19-38)39-20-10-7-11-21-39/h6-35H,1-5H3. The van der Waals surface area contributed by atoms with E-state index in [-0.39, 0.29) is 17.5 Å². The first-order valence-corrected chi connectivity index (χ1v) is 24.9. The van der Waals surface area contributed by atoms with Crippen LogP contribution < -0.4 is 46.2 Å². The van der Waals surface area contributed by atoms with Crippen LogP contribution in [-0.4, -0.2) is 14.8 Å². The van der Waals surface area contributed by atoms with Gasteiger partial charge >= 0.3 is 0 Å². The van der Waals surface area contributed by atoms with Gasteiger partial charge in [-0.1, -0.05) is 174 Å². The second kappa shape index (κ2) is 12.6. The highest BCUT2D eigenvalue weighted by molar-refractivity contribution is 7.34. The fourth-order valence-corrected chi connectivity index (χ4v) is 18.4. The molecular formula is C57H45BN2SSi. The zero-order valence-electron chi connectivity index (χ0n) is 35.7. The average Bonchev–Trinajstić information content (AvgIpc) is 3.78. The minimum absolute atomic E-state index is 0.0551. The summed E-state index contributed by atoms with van der Waals surface area (Å²) in [6.45, 7) is 11.8. The minimum atomic E-state index is -2.81. The molecule has 0 saturated heterocycles. The molecule has 0 atom stereocenters. The van der Waals surface area contributed by atoms with E-state index < -0.39 is 8.07 Å². The predicted molar refractivity (Wildman–Crippen MR) is 269 cm³/mol. The molecule has 0 amide bonds. The molecule has 0 radical (unpaired) electrons. The van der Waals surface area contributed by atoms with Crippen LogP contribution in [0.3, 0.4) is 0 Å². The first-order valence-electron chi connectivity index (χ1n) is 22.1. The number of hydrogen-bond acceptors (Lipinski definition) is 3. The Morgan fingerprint density at radius 1 is 0.532 bits per heavy atom. The van der Waals surface area contributed by atoms with Gasteiger partial charge in [0.2, 0.25) is 0 Å². The maximum absolute atomic E-state index is 2.81. The second-order valence-corrected chi connectivity index (χ2v) is 24.0. The molecule has 8 aromatic carbocycles. The van der Waals surface area contributed by atoms with Gasteiger partial charge in [0, 0.05) is 48.7 Å². The Hall–Kier alpha value is -6.40. The smallest absolute Gasteiger partial charge is 0.264 e. The summed E-state index contributed by atoms with van der Waals surface area (Å²) < 4.78 is 2.78. The number of fused-ring (bicyclic) bond motifs is 11. The van der Waals surface area contributed by atoms with Gasteiger partial charge in [-0.05, 0) is 107 Å². The third-order valence-corrected chi connectivity index (χ3v) is 20.7. The van der Waals surface area contributed by atoms with Crippen LogP contribution in [0.1, 0.15) is 51.3 Å². The number of nitrogens with zero attached hydrogens (tertiary/aromatic N) is 2. The van der Waals surface area contributed by atoms with Crippen LogP contribution in [0.25, 0.3) is 21.2 Å². The zero-order valence-corrected chi connectivity index (χ0v) is 37.5. The van der Waals surface area contributed by atoms with Gasteiger partial charge in [-0.2, -0.15) is 0 Å². The van der Waals surface area contributed by atoms with E-state index in [1.807, 2.05) is 11.3 Å². The van der Waals surface area contributed by atoms with E-state index >= 15 is 0 Å². The monoisotopic (exact) mass is 828 g/mol. The molecule has 3 aliphatic heterocycles. The van der Waals surface area contributed by atoms with Gasteiger partial charge in [0.25, 0.3) is 6.71 Å². The van der Waals surface area contributed by atoms with E-state index in [0.29, 0.717) is 0 Å². The third kappa shape index (κ3) is 4.60. The van der Waals surface area contributed by atoms with Gasteiger partial charge in [0.1, 0.15) is 0 Å². The molecule has 4 heterocycles. The molecule has 296 valence electrons. The lowest BCUT2D eigenvalue weighted by Gasteiger charge is -2.50. The Labute approximate surface area is 369 Å². The van der Waals surface area contributed by atoms with E-state index in [2.05, 4.69) is 226 Å². The van der Waals surface area contributed by atoms with Crippen molar-refractivity contribution in [2.45, 2.75) is 45.4 Å². The molecule has 0 bridgehead atoms. The Morgan fingerprint density at radius 2 is 1.15 bits per heavy atom. The van der Waals surface area contributed by atoms with Gasteiger partial charge in [-0.25, -0.2) is 0 Å². The summed E-state index contributed by atoms with van der Waals surface area (Å²) in [4.78, 5) is 5.27. The third-order valence-electron chi connectivity index (χ3n) is 14.7. The molecule has 2 nitrogen and oxygen atoms in total. The zero-order chi connectivity index (χ0) is 41.7. The van der Waals surface area contributed by atoms with Crippen molar-refractivity contribution in [1.82, 2.24) is 0 Å². The van der Waals surface area contributed by atoms with Crippen molar-refractivity contribution in [3.05, 3.63) is 199 Å². The average molecular weight is 829 g/mol. The van der Waals surface area contributed by atoms with Crippen molar-refractivity contribution in [2.75, 3.05) is 9.80 Å². The highest BCUT2D eigenvalue weighted by Crippen LogP contribution is 2.54. The van der Waals surface area contributed by atoms with Crippen LogP contribution >= 0.6 is 11.3 Å². The molecule has 0 fully saturated rings. The van der Waals surface area contributed by atoms with Gasteiger partial charge < -0.3 is 9.80 Å². The molecule has 13 rings (SSSR count). The molecule has 5 heteroatoms. The Bertz CT molecular complexity index is 3290. The lowest BCUT2D eigenvalue weighted by atomic mass is 9.36. The first kappa shape index (κ1) is 36.3. The van der Waals surface area contributed by atoms with Crippen LogP contribution in [0.5, 0.6) is 0 Å². The molecule has 1 aliphatic carbocycles. The molecule has 9 aromatic rings. The Kier molecular flexibility index (Phi) is 7.37. The van der Waals surface area contributed by atoms with Crippen LogP contribution in [0.2, 0.25) is 0 Å². The number of benzene rings is 8. The summed E-state index contributed by atoms with van der Waals surface area (Å²) in [7, 11) is -2.81. The van der Waals surface area contributed by atoms with E-state index in [1.54, 1.807) is 0 Å². The lowest BCUT2D eigenvalue weighted by molar-refractivity contribution is 0.590. The van der Waals surface area contributed by atoms with E-state index in [0.717, 1.165) is 0 Å². The van der Waals surface area contributed by atoms with E-state index in [1.165, 1.54) is 108 Å². The Balaban J connectivity index is 1.15. The van der Waals surface area contributed by atoms with Crippen molar-refractivity contribution >= 4 is 107 Å². The molecule has 0 saturated carbocycles. The highest BCUT2D eigenvalue weighted by atomic mass is 32.1.